The van der Waals surface area contributed by atoms with Crippen molar-refractivity contribution >= 4 is 17.3 Å². The lowest BCUT2D eigenvalue weighted by atomic mass is 10.1. The Hall–Kier alpha value is -2.49. The van der Waals surface area contributed by atoms with Gasteiger partial charge in [-0.05, 0) is 29.8 Å². The predicted molar refractivity (Wildman–Crippen MR) is 74.3 cm³/mol. The molecule has 0 fully saturated rings. The zero-order valence-electron chi connectivity index (χ0n) is 9.99. The van der Waals surface area contributed by atoms with Crippen LogP contribution < -0.4 is 4.90 Å². The largest absolute Gasteiger partial charge is 0.258 e. The maximum absolute atomic E-state index is 9.34. The first-order valence-electron chi connectivity index (χ1n) is 5.65. The van der Waals surface area contributed by atoms with Crippen LogP contribution in [0.2, 0.25) is 5.02 Å². The summed E-state index contributed by atoms with van der Waals surface area (Å²) in [6.07, 6.45) is 2.06. The van der Waals surface area contributed by atoms with E-state index in [2.05, 4.69) is 12.3 Å². The lowest BCUT2D eigenvalue weighted by Crippen LogP contribution is -2.22. The number of para-hydroxylation sites is 1. The van der Waals surface area contributed by atoms with Crippen molar-refractivity contribution in [2.24, 2.45) is 0 Å². The van der Waals surface area contributed by atoms with Gasteiger partial charge in [0.15, 0.2) is 12.2 Å². The molecule has 2 aromatic rings. The van der Waals surface area contributed by atoms with Gasteiger partial charge in [0.25, 0.3) is 0 Å². The Balaban J connectivity index is 2.39. The smallest absolute Gasteiger partial charge is 0.185 e. The van der Waals surface area contributed by atoms with Gasteiger partial charge in [0.05, 0.1) is 11.8 Å². The molecule has 2 rings (SSSR count). The van der Waals surface area contributed by atoms with Crippen LogP contribution in [0, 0.1) is 22.8 Å². The van der Waals surface area contributed by atoms with Crippen LogP contribution in [0.5, 0.6) is 0 Å². The number of nitriles is 2. The molecule has 1 unspecified atom stereocenters. The van der Waals surface area contributed by atoms with Crippen LogP contribution >= 0.6 is 11.6 Å². The summed E-state index contributed by atoms with van der Waals surface area (Å²) < 4.78 is 0. The average molecular weight is 268 g/mol. The van der Waals surface area contributed by atoms with Crippen LogP contribution in [0.25, 0.3) is 0 Å². The predicted octanol–water partition coefficient (Wildman–Crippen LogP) is 3.89. The summed E-state index contributed by atoms with van der Waals surface area (Å²) in [7, 11) is 0. The Bertz CT molecular complexity index is 623. The van der Waals surface area contributed by atoms with Gasteiger partial charge in [0.2, 0.25) is 0 Å². The molecule has 0 radical (unpaired) electrons. The number of hydrogen-bond acceptors (Lipinski definition) is 3. The van der Waals surface area contributed by atoms with E-state index in [1.807, 2.05) is 18.2 Å². The molecule has 0 N–H and O–H groups in total. The summed E-state index contributed by atoms with van der Waals surface area (Å²) >= 11 is 5.83. The maximum atomic E-state index is 9.34. The van der Waals surface area contributed by atoms with E-state index in [9.17, 15) is 10.5 Å². The molecule has 0 aliphatic carbocycles. The number of nitrogens with zero attached hydrogens (tertiary/aromatic N) is 3. The highest BCUT2D eigenvalue weighted by Crippen LogP contribution is 2.26. The monoisotopic (exact) mass is 267 g/mol. The third-order valence-electron chi connectivity index (χ3n) is 2.71. The van der Waals surface area contributed by atoms with Crippen molar-refractivity contribution < 1.29 is 0 Å². The normalized spacial score (nSPS) is 11.1. The summed E-state index contributed by atoms with van der Waals surface area (Å²) in [5.41, 5.74) is 1.42. The molecule has 0 amide bonds. The van der Waals surface area contributed by atoms with Crippen molar-refractivity contribution in [2.75, 3.05) is 4.90 Å². The molecule has 19 heavy (non-hydrogen) atoms. The van der Waals surface area contributed by atoms with Crippen molar-refractivity contribution in [3.05, 3.63) is 65.2 Å². The minimum Gasteiger partial charge on any atom is -0.258 e. The Morgan fingerprint density at radius 1 is 0.947 bits per heavy atom. The van der Waals surface area contributed by atoms with Gasteiger partial charge in [-0.2, -0.15) is 10.5 Å². The fourth-order valence-electron chi connectivity index (χ4n) is 1.78. The number of anilines is 1. The summed E-state index contributed by atoms with van der Waals surface area (Å²) in [4.78, 5) is 1.38. The second-order valence-corrected chi connectivity index (χ2v) is 4.33. The van der Waals surface area contributed by atoms with Gasteiger partial charge in [-0.1, -0.05) is 41.9 Å². The molecule has 0 saturated heterocycles. The molecule has 2 aromatic carbocycles. The zero-order chi connectivity index (χ0) is 13.7. The van der Waals surface area contributed by atoms with Crippen molar-refractivity contribution in [3.8, 4) is 12.3 Å². The van der Waals surface area contributed by atoms with Crippen molar-refractivity contribution in [3.63, 3.8) is 0 Å². The van der Waals surface area contributed by atoms with Crippen LogP contribution in [0.3, 0.4) is 0 Å². The molecule has 0 saturated carbocycles. The molecular weight excluding hydrogens is 258 g/mol. The fraction of sp³-hybridized carbons (Fsp3) is 0.0667. The molecule has 0 spiro atoms. The minimum atomic E-state index is -0.662. The summed E-state index contributed by atoms with van der Waals surface area (Å²) in [5, 5.41) is 19.2. The summed E-state index contributed by atoms with van der Waals surface area (Å²) in [6, 6.07) is 17.5. The standard InChI is InChI=1S/C15H10ClN3/c16-13-8-6-12(7-9-13)15(10-17)19(11-18)14-4-2-1-3-5-14/h1-9,15H. The molecule has 0 heterocycles. The molecule has 0 aliphatic heterocycles. The minimum absolute atomic E-state index is 0.601. The van der Waals surface area contributed by atoms with Gasteiger partial charge in [-0.3, -0.25) is 4.90 Å². The fourth-order valence-corrected chi connectivity index (χ4v) is 1.91. The first kappa shape index (κ1) is 13.0. The van der Waals surface area contributed by atoms with E-state index in [4.69, 9.17) is 11.6 Å². The molecule has 1 atom stereocenters. The van der Waals surface area contributed by atoms with Gasteiger partial charge in [-0.15, -0.1) is 0 Å². The topological polar surface area (TPSA) is 50.8 Å². The lowest BCUT2D eigenvalue weighted by Gasteiger charge is -2.21. The third kappa shape index (κ3) is 2.85. The second kappa shape index (κ2) is 5.91. The van der Waals surface area contributed by atoms with Crippen molar-refractivity contribution in [1.82, 2.24) is 0 Å². The Morgan fingerprint density at radius 3 is 2.11 bits per heavy atom. The molecule has 3 nitrogen and oxygen atoms in total. The number of benzene rings is 2. The number of rotatable bonds is 3. The van der Waals surface area contributed by atoms with Gasteiger partial charge in [0.1, 0.15) is 0 Å². The third-order valence-corrected chi connectivity index (χ3v) is 2.96. The van der Waals surface area contributed by atoms with E-state index in [0.29, 0.717) is 10.7 Å². The Morgan fingerprint density at radius 2 is 1.58 bits per heavy atom. The highest BCUT2D eigenvalue weighted by molar-refractivity contribution is 6.30. The number of hydrogen-bond donors (Lipinski definition) is 0. The second-order valence-electron chi connectivity index (χ2n) is 3.89. The molecular formula is C15H10ClN3. The maximum Gasteiger partial charge on any atom is 0.185 e. The highest BCUT2D eigenvalue weighted by Gasteiger charge is 2.20. The zero-order valence-corrected chi connectivity index (χ0v) is 10.7. The molecule has 92 valence electrons. The van der Waals surface area contributed by atoms with E-state index in [1.54, 1.807) is 36.4 Å². The summed E-state index contributed by atoms with van der Waals surface area (Å²) in [6.45, 7) is 0. The van der Waals surface area contributed by atoms with E-state index < -0.39 is 6.04 Å². The number of halogens is 1. The molecule has 4 heteroatoms. The van der Waals surface area contributed by atoms with Crippen LogP contribution in [0.1, 0.15) is 11.6 Å². The van der Waals surface area contributed by atoms with E-state index in [0.717, 1.165) is 5.56 Å². The van der Waals surface area contributed by atoms with Crippen LogP contribution in [0.4, 0.5) is 5.69 Å². The highest BCUT2D eigenvalue weighted by atomic mass is 35.5. The Kier molecular flexibility index (Phi) is 4.03. The van der Waals surface area contributed by atoms with E-state index >= 15 is 0 Å². The van der Waals surface area contributed by atoms with E-state index in [-0.39, 0.29) is 0 Å². The van der Waals surface area contributed by atoms with Gasteiger partial charge in [-0.25, -0.2) is 0 Å². The average Bonchev–Trinajstić information content (AvgIpc) is 2.47. The van der Waals surface area contributed by atoms with Crippen molar-refractivity contribution in [2.45, 2.75) is 6.04 Å². The lowest BCUT2D eigenvalue weighted by molar-refractivity contribution is 0.866. The van der Waals surface area contributed by atoms with Gasteiger partial charge < -0.3 is 0 Å². The first-order valence-corrected chi connectivity index (χ1v) is 6.03. The Labute approximate surface area is 116 Å². The van der Waals surface area contributed by atoms with Crippen LogP contribution in [0.15, 0.2) is 54.6 Å². The quantitative estimate of drug-likeness (QED) is 0.626. The van der Waals surface area contributed by atoms with E-state index in [1.165, 1.54) is 4.90 Å². The first-order chi connectivity index (χ1) is 9.26. The molecule has 0 aliphatic rings. The summed E-state index contributed by atoms with van der Waals surface area (Å²) in [5.74, 6) is 0. The van der Waals surface area contributed by atoms with Gasteiger partial charge >= 0.3 is 0 Å². The molecule has 0 bridgehead atoms. The van der Waals surface area contributed by atoms with Gasteiger partial charge in [0, 0.05) is 5.02 Å². The van der Waals surface area contributed by atoms with Crippen molar-refractivity contribution in [1.29, 1.82) is 10.5 Å². The molecule has 0 aromatic heterocycles. The van der Waals surface area contributed by atoms with Crippen LogP contribution in [-0.2, 0) is 0 Å². The SMILES string of the molecule is N#CC(c1ccc(Cl)cc1)N(C#N)c1ccccc1. The van der Waals surface area contributed by atoms with Crippen LogP contribution in [-0.4, -0.2) is 0 Å².